The van der Waals surface area contributed by atoms with Crippen molar-refractivity contribution < 1.29 is 17.9 Å². The molecular weight excluding hydrogens is 304 g/mol. The van der Waals surface area contributed by atoms with E-state index in [9.17, 15) is 13.2 Å². The zero-order valence-electron chi connectivity index (χ0n) is 13.1. The summed E-state index contributed by atoms with van der Waals surface area (Å²) in [6, 6.07) is 4.59. The molecule has 0 aliphatic carbocycles. The van der Waals surface area contributed by atoms with Gasteiger partial charge in [0.15, 0.2) is 6.29 Å². The second-order valence-electron chi connectivity index (χ2n) is 5.54. The van der Waals surface area contributed by atoms with Crippen LogP contribution in [-0.2, 0) is 10.0 Å². The molecule has 1 heterocycles. The van der Waals surface area contributed by atoms with Crippen molar-refractivity contribution in [2.75, 3.05) is 19.7 Å². The first-order chi connectivity index (χ1) is 10.4. The van der Waals surface area contributed by atoms with Crippen molar-refractivity contribution in [1.82, 2.24) is 9.62 Å². The van der Waals surface area contributed by atoms with Gasteiger partial charge in [-0.1, -0.05) is 0 Å². The van der Waals surface area contributed by atoms with Crippen molar-refractivity contribution in [3.05, 3.63) is 23.8 Å². The molecule has 0 unspecified atom stereocenters. The van der Waals surface area contributed by atoms with Crippen LogP contribution in [0.1, 0.15) is 31.1 Å². The second kappa shape index (κ2) is 6.76. The van der Waals surface area contributed by atoms with Crippen molar-refractivity contribution in [3.8, 4) is 5.75 Å². The minimum Gasteiger partial charge on any atom is -0.493 e. The van der Waals surface area contributed by atoms with Crippen LogP contribution in [0.5, 0.6) is 5.75 Å². The lowest BCUT2D eigenvalue weighted by atomic mass is 10.2. The summed E-state index contributed by atoms with van der Waals surface area (Å²) in [7, 11) is -3.61. The lowest BCUT2D eigenvalue weighted by Gasteiger charge is -2.35. The highest BCUT2D eigenvalue weighted by Crippen LogP contribution is 2.24. The molecule has 1 aromatic carbocycles. The number of hydrogen-bond donors (Lipinski definition) is 1. The molecule has 0 aromatic heterocycles. The number of nitrogens with zero attached hydrogens (tertiary/aromatic N) is 1. The molecule has 6 nitrogen and oxygen atoms in total. The van der Waals surface area contributed by atoms with Gasteiger partial charge >= 0.3 is 0 Å². The van der Waals surface area contributed by atoms with Crippen LogP contribution in [0.4, 0.5) is 0 Å². The van der Waals surface area contributed by atoms with E-state index in [1.54, 1.807) is 0 Å². The molecule has 2 rings (SSSR count). The van der Waals surface area contributed by atoms with Crippen LogP contribution in [0.2, 0.25) is 0 Å². The molecule has 7 heteroatoms. The SMILES string of the molecule is CCOc1ccc(S(=O)(=O)N2C[C@@H](C)N[C@@H](C)C2)cc1C=O. The van der Waals surface area contributed by atoms with E-state index in [-0.39, 0.29) is 22.5 Å². The average molecular weight is 326 g/mol. The maximum Gasteiger partial charge on any atom is 0.243 e. The number of aldehydes is 1. The summed E-state index contributed by atoms with van der Waals surface area (Å²) in [5.74, 6) is 0.401. The first-order valence-corrected chi connectivity index (χ1v) is 8.80. The van der Waals surface area contributed by atoms with Crippen molar-refractivity contribution >= 4 is 16.3 Å². The fourth-order valence-electron chi connectivity index (χ4n) is 2.69. The summed E-state index contributed by atoms with van der Waals surface area (Å²) in [6.45, 7) is 6.95. The fraction of sp³-hybridized carbons (Fsp3) is 0.533. The summed E-state index contributed by atoms with van der Waals surface area (Å²) in [4.78, 5) is 11.3. The largest absolute Gasteiger partial charge is 0.493 e. The highest BCUT2D eigenvalue weighted by atomic mass is 32.2. The molecule has 22 heavy (non-hydrogen) atoms. The number of carbonyl (C=O) groups excluding carboxylic acids is 1. The van der Waals surface area contributed by atoms with Gasteiger partial charge in [-0.05, 0) is 39.0 Å². The van der Waals surface area contributed by atoms with Crippen molar-refractivity contribution in [3.63, 3.8) is 0 Å². The summed E-state index contributed by atoms with van der Waals surface area (Å²) < 4.78 is 32.3. The van der Waals surface area contributed by atoms with Gasteiger partial charge in [-0.2, -0.15) is 4.31 Å². The van der Waals surface area contributed by atoms with Gasteiger partial charge in [0.2, 0.25) is 10.0 Å². The van der Waals surface area contributed by atoms with Gasteiger partial charge in [0.25, 0.3) is 0 Å². The Morgan fingerprint density at radius 2 is 1.95 bits per heavy atom. The molecular formula is C15H22N2O4S. The van der Waals surface area contributed by atoms with E-state index in [2.05, 4.69) is 5.32 Å². The van der Waals surface area contributed by atoms with Crippen molar-refractivity contribution in [2.24, 2.45) is 0 Å². The first kappa shape index (κ1) is 16.9. The molecule has 1 fully saturated rings. The second-order valence-corrected chi connectivity index (χ2v) is 7.48. The van der Waals surface area contributed by atoms with E-state index in [4.69, 9.17) is 4.74 Å². The monoisotopic (exact) mass is 326 g/mol. The van der Waals surface area contributed by atoms with Crippen LogP contribution < -0.4 is 10.1 Å². The maximum absolute atomic E-state index is 12.8. The fourth-order valence-corrected chi connectivity index (χ4v) is 4.34. The zero-order chi connectivity index (χ0) is 16.3. The van der Waals surface area contributed by atoms with E-state index < -0.39 is 10.0 Å². The first-order valence-electron chi connectivity index (χ1n) is 7.36. The van der Waals surface area contributed by atoms with Crippen LogP contribution in [0.25, 0.3) is 0 Å². The van der Waals surface area contributed by atoms with E-state index in [1.165, 1.54) is 22.5 Å². The molecule has 0 amide bonds. The molecule has 1 aromatic rings. The minimum absolute atomic E-state index is 0.0896. The van der Waals surface area contributed by atoms with Gasteiger partial charge in [0.05, 0.1) is 17.1 Å². The van der Waals surface area contributed by atoms with E-state index in [1.807, 2.05) is 20.8 Å². The van der Waals surface area contributed by atoms with Gasteiger partial charge in [-0.25, -0.2) is 8.42 Å². The quantitative estimate of drug-likeness (QED) is 0.825. The molecule has 0 bridgehead atoms. The molecule has 1 N–H and O–H groups in total. The lowest BCUT2D eigenvalue weighted by molar-refractivity contribution is 0.111. The third kappa shape index (κ3) is 3.48. The molecule has 1 saturated heterocycles. The highest BCUT2D eigenvalue weighted by Gasteiger charge is 2.31. The van der Waals surface area contributed by atoms with Crippen LogP contribution in [0.15, 0.2) is 23.1 Å². The van der Waals surface area contributed by atoms with Crippen LogP contribution >= 0.6 is 0 Å². The van der Waals surface area contributed by atoms with Gasteiger partial charge in [0, 0.05) is 25.2 Å². The Balaban J connectivity index is 2.35. The average Bonchev–Trinajstić information content (AvgIpc) is 2.46. The summed E-state index contributed by atoms with van der Waals surface area (Å²) in [5.41, 5.74) is 0.249. The molecule has 0 saturated carbocycles. The summed E-state index contributed by atoms with van der Waals surface area (Å²) in [5, 5.41) is 3.30. The maximum atomic E-state index is 12.8. The van der Waals surface area contributed by atoms with Crippen molar-refractivity contribution in [2.45, 2.75) is 37.8 Å². The van der Waals surface area contributed by atoms with Gasteiger partial charge < -0.3 is 10.1 Å². The predicted octanol–water partition coefficient (Wildman–Crippen LogP) is 1.27. The molecule has 0 spiro atoms. The topological polar surface area (TPSA) is 75.7 Å². The third-order valence-electron chi connectivity index (χ3n) is 3.57. The number of hydrogen-bond acceptors (Lipinski definition) is 5. The van der Waals surface area contributed by atoms with Crippen LogP contribution in [0.3, 0.4) is 0 Å². The minimum atomic E-state index is -3.61. The standard InChI is InChI=1S/C15H22N2O4S/c1-4-21-15-6-5-14(7-13(15)10-18)22(19,20)17-8-11(2)16-12(3)9-17/h5-7,10-12,16H,4,8-9H2,1-3H3/t11-,12+. The summed E-state index contributed by atoms with van der Waals surface area (Å²) in [6.07, 6.45) is 0.618. The Kier molecular flexibility index (Phi) is 5.20. The molecule has 122 valence electrons. The Hall–Kier alpha value is -1.44. The van der Waals surface area contributed by atoms with Crippen LogP contribution in [0, 0.1) is 0 Å². The molecule has 1 aliphatic heterocycles. The van der Waals surface area contributed by atoms with E-state index >= 15 is 0 Å². The number of sulfonamides is 1. The smallest absolute Gasteiger partial charge is 0.243 e. The lowest BCUT2D eigenvalue weighted by Crippen LogP contribution is -2.55. The van der Waals surface area contributed by atoms with Gasteiger partial charge in [-0.15, -0.1) is 0 Å². The summed E-state index contributed by atoms with van der Waals surface area (Å²) >= 11 is 0. The Morgan fingerprint density at radius 3 is 2.50 bits per heavy atom. The Bertz CT molecular complexity index is 635. The van der Waals surface area contributed by atoms with Gasteiger partial charge in [0.1, 0.15) is 5.75 Å². The number of rotatable bonds is 5. The van der Waals surface area contributed by atoms with Crippen LogP contribution in [-0.4, -0.2) is 50.8 Å². The molecule has 2 atom stereocenters. The van der Waals surface area contributed by atoms with Gasteiger partial charge in [-0.3, -0.25) is 4.79 Å². The Morgan fingerprint density at radius 1 is 1.32 bits per heavy atom. The van der Waals surface area contributed by atoms with Crippen molar-refractivity contribution in [1.29, 1.82) is 0 Å². The number of piperazine rings is 1. The number of ether oxygens (including phenoxy) is 1. The zero-order valence-corrected chi connectivity index (χ0v) is 13.9. The molecule has 1 aliphatic rings. The molecule has 0 radical (unpaired) electrons. The number of nitrogens with one attached hydrogen (secondary N) is 1. The Labute approximate surface area is 131 Å². The predicted molar refractivity (Wildman–Crippen MR) is 83.8 cm³/mol. The normalized spacial score (nSPS) is 23.2. The van der Waals surface area contributed by atoms with E-state index in [0.29, 0.717) is 31.7 Å². The number of benzene rings is 1. The third-order valence-corrected chi connectivity index (χ3v) is 5.40. The number of carbonyl (C=O) groups is 1. The van der Waals surface area contributed by atoms with E-state index in [0.717, 1.165) is 0 Å². The highest BCUT2D eigenvalue weighted by molar-refractivity contribution is 7.89.